The zero-order valence-corrected chi connectivity index (χ0v) is 6.41. The molecule has 0 amide bonds. The topological polar surface area (TPSA) is 62.7 Å². The van der Waals surface area contributed by atoms with Crippen LogP contribution in [0.2, 0.25) is 0 Å². The standard InChI is InChI=1S/C9H7N3/c10-6-2-5-8-3-1-4-9(7-11)12-8/h1,3-4H,6,10H2. The molecule has 0 unspecified atom stereocenters. The van der Waals surface area contributed by atoms with Crippen LogP contribution < -0.4 is 5.73 Å². The molecule has 12 heavy (non-hydrogen) atoms. The Morgan fingerprint density at radius 2 is 2.17 bits per heavy atom. The predicted molar refractivity (Wildman–Crippen MR) is 44.9 cm³/mol. The van der Waals surface area contributed by atoms with Gasteiger partial charge in [0.25, 0.3) is 0 Å². The molecule has 1 rings (SSSR count). The lowest BCUT2D eigenvalue weighted by molar-refractivity contribution is 1.23. The third-order valence-electron chi connectivity index (χ3n) is 1.18. The Kier molecular flexibility index (Phi) is 2.84. The van der Waals surface area contributed by atoms with Gasteiger partial charge in [0.1, 0.15) is 17.5 Å². The maximum Gasteiger partial charge on any atom is 0.141 e. The molecule has 0 aromatic carbocycles. The Hall–Kier alpha value is -1.84. The molecule has 1 aromatic rings. The van der Waals surface area contributed by atoms with Crippen molar-refractivity contribution in [2.24, 2.45) is 5.73 Å². The van der Waals surface area contributed by atoms with Crippen molar-refractivity contribution in [1.82, 2.24) is 4.98 Å². The second-order valence-corrected chi connectivity index (χ2v) is 2.03. The van der Waals surface area contributed by atoms with E-state index < -0.39 is 0 Å². The average molecular weight is 157 g/mol. The van der Waals surface area contributed by atoms with Gasteiger partial charge < -0.3 is 5.73 Å². The summed E-state index contributed by atoms with van der Waals surface area (Å²) in [4.78, 5) is 3.94. The van der Waals surface area contributed by atoms with E-state index in [1.807, 2.05) is 6.07 Å². The molecule has 0 radical (unpaired) electrons. The van der Waals surface area contributed by atoms with Crippen molar-refractivity contribution < 1.29 is 0 Å². The van der Waals surface area contributed by atoms with E-state index in [1.165, 1.54) is 0 Å². The van der Waals surface area contributed by atoms with Gasteiger partial charge >= 0.3 is 0 Å². The largest absolute Gasteiger partial charge is 0.320 e. The fourth-order valence-corrected chi connectivity index (χ4v) is 0.708. The van der Waals surface area contributed by atoms with Crippen molar-refractivity contribution in [3.05, 3.63) is 29.6 Å². The quantitative estimate of drug-likeness (QED) is 0.549. The molecule has 0 saturated carbocycles. The highest BCUT2D eigenvalue weighted by Gasteiger charge is 1.90. The number of nitrogens with two attached hydrogens (primary N) is 1. The highest BCUT2D eigenvalue weighted by atomic mass is 14.7. The van der Waals surface area contributed by atoms with Crippen molar-refractivity contribution in [2.75, 3.05) is 6.54 Å². The number of nitrogens with zero attached hydrogens (tertiary/aromatic N) is 2. The van der Waals surface area contributed by atoms with Crippen molar-refractivity contribution in [3.63, 3.8) is 0 Å². The minimum atomic E-state index is 0.304. The Bertz CT molecular complexity index is 365. The molecular formula is C9H7N3. The van der Waals surface area contributed by atoms with Gasteiger partial charge in [-0.15, -0.1) is 0 Å². The fourth-order valence-electron chi connectivity index (χ4n) is 0.708. The highest BCUT2D eigenvalue weighted by molar-refractivity contribution is 5.32. The first-order valence-electron chi connectivity index (χ1n) is 3.43. The van der Waals surface area contributed by atoms with Crippen LogP contribution in [0.5, 0.6) is 0 Å². The van der Waals surface area contributed by atoms with Crippen molar-refractivity contribution in [2.45, 2.75) is 0 Å². The Morgan fingerprint density at radius 1 is 1.42 bits per heavy atom. The fraction of sp³-hybridized carbons (Fsp3) is 0.111. The molecule has 0 aliphatic carbocycles. The second-order valence-electron chi connectivity index (χ2n) is 2.03. The summed E-state index contributed by atoms with van der Waals surface area (Å²) in [7, 11) is 0. The Labute approximate surface area is 70.8 Å². The molecule has 58 valence electrons. The zero-order valence-electron chi connectivity index (χ0n) is 6.41. The third kappa shape index (κ3) is 2.09. The number of pyridine rings is 1. The number of aromatic nitrogens is 1. The van der Waals surface area contributed by atoms with Gasteiger partial charge in [0.05, 0.1) is 6.54 Å². The van der Waals surface area contributed by atoms with Gasteiger partial charge in [-0.05, 0) is 18.1 Å². The maximum atomic E-state index is 8.50. The van der Waals surface area contributed by atoms with Crippen LogP contribution in [0, 0.1) is 23.2 Å². The van der Waals surface area contributed by atoms with Crippen LogP contribution in [-0.2, 0) is 0 Å². The summed E-state index contributed by atoms with van der Waals surface area (Å²) in [5.74, 6) is 5.40. The summed E-state index contributed by atoms with van der Waals surface area (Å²) in [5.41, 5.74) is 6.14. The lowest BCUT2D eigenvalue weighted by atomic mass is 10.3. The van der Waals surface area contributed by atoms with Crippen LogP contribution in [0.1, 0.15) is 11.4 Å². The minimum Gasteiger partial charge on any atom is -0.320 e. The normalized spacial score (nSPS) is 8.00. The number of nitriles is 1. The first-order chi connectivity index (χ1) is 5.86. The molecule has 3 heteroatoms. The molecule has 0 fully saturated rings. The molecule has 1 heterocycles. The SMILES string of the molecule is N#Cc1cccc(C#CCN)n1. The lowest BCUT2D eigenvalue weighted by Gasteiger charge is -1.88. The third-order valence-corrected chi connectivity index (χ3v) is 1.18. The Balaban J connectivity index is 2.96. The van der Waals surface area contributed by atoms with E-state index in [1.54, 1.807) is 18.2 Å². The monoisotopic (exact) mass is 157 g/mol. The maximum absolute atomic E-state index is 8.50. The van der Waals surface area contributed by atoms with Crippen LogP contribution in [-0.4, -0.2) is 11.5 Å². The molecular weight excluding hydrogens is 150 g/mol. The minimum absolute atomic E-state index is 0.304. The molecule has 0 bridgehead atoms. The van der Waals surface area contributed by atoms with Crippen molar-refractivity contribution >= 4 is 0 Å². The van der Waals surface area contributed by atoms with Gasteiger partial charge in [0.2, 0.25) is 0 Å². The van der Waals surface area contributed by atoms with E-state index in [2.05, 4.69) is 16.8 Å². The molecule has 0 spiro atoms. The summed E-state index contributed by atoms with van der Waals surface area (Å²) < 4.78 is 0. The number of hydrogen-bond acceptors (Lipinski definition) is 3. The zero-order chi connectivity index (χ0) is 8.81. The molecule has 0 saturated heterocycles. The summed E-state index contributed by atoms with van der Waals surface area (Å²) in [6.45, 7) is 0.304. The molecule has 0 aliphatic heterocycles. The van der Waals surface area contributed by atoms with E-state index in [4.69, 9.17) is 11.0 Å². The van der Waals surface area contributed by atoms with Crippen molar-refractivity contribution in [3.8, 4) is 17.9 Å². The smallest absolute Gasteiger partial charge is 0.141 e. The van der Waals surface area contributed by atoms with Gasteiger partial charge in [-0.25, -0.2) is 4.98 Å². The van der Waals surface area contributed by atoms with Crippen molar-refractivity contribution in [1.29, 1.82) is 5.26 Å². The van der Waals surface area contributed by atoms with E-state index >= 15 is 0 Å². The van der Waals surface area contributed by atoms with Gasteiger partial charge in [-0.1, -0.05) is 12.0 Å². The molecule has 2 N–H and O–H groups in total. The first kappa shape index (κ1) is 8.26. The van der Waals surface area contributed by atoms with Crippen LogP contribution >= 0.6 is 0 Å². The van der Waals surface area contributed by atoms with Crippen LogP contribution in [0.15, 0.2) is 18.2 Å². The van der Waals surface area contributed by atoms with E-state index in [0.29, 0.717) is 17.9 Å². The van der Waals surface area contributed by atoms with Gasteiger partial charge in [-0.3, -0.25) is 0 Å². The molecule has 3 nitrogen and oxygen atoms in total. The summed E-state index contributed by atoms with van der Waals surface area (Å²) >= 11 is 0. The summed E-state index contributed by atoms with van der Waals surface area (Å²) in [6, 6.07) is 7.05. The van der Waals surface area contributed by atoms with Gasteiger partial charge in [0.15, 0.2) is 0 Å². The van der Waals surface area contributed by atoms with Crippen LogP contribution in [0.3, 0.4) is 0 Å². The highest BCUT2D eigenvalue weighted by Crippen LogP contribution is 1.95. The lowest BCUT2D eigenvalue weighted by Crippen LogP contribution is -1.94. The van der Waals surface area contributed by atoms with Gasteiger partial charge in [0, 0.05) is 0 Å². The Morgan fingerprint density at radius 3 is 2.83 bits per heavy atom. The number of rotatable bonds is 0. The van der Waals surface area contributed by atoms with Crippen LogP contribution in [0.4, 0.5) is 0 Å². The summed E-state index contributed by atoms with van der Waals surface area (Å²) in [5, 5.41) is 8.50. The molecule has 0 atom stereocenters. The molecule has 1 aromatic heterocycles. The average Bonchev–Trinajstić information content (AvgIpc) is 2.15. The number of hydrogen-bond donors (Lipinski definition) is 1. The molecule has 0 aliphatic rings. The van der Waals surface area contributed by atoms with Gasteiger partial charge in [-0.2, -0.15) is 5.26 Å². The second kappa shape index (κ2) is 4.12. The summed E-state index contributed by atoms with van der Waals surface area (Å²) in [6.07, 6.45) is 0. The van der Waals surface area contributed by atoms with Crippen LogP contribution in [0.25, 0.3) is 0 Å². The van der Waals surface area contributed by atoms with E-state index in [-0.39, 0.29) is 0 Å². The predicted octanol–water partition coefficient (Wildman–Crippen LogP) is 0.263. The van der Waals surface area contributed by atoms with E-state index in [0.717, 1.165) is 0 Å². The van der Waals surface area contributed by atoms with E-state index in [9.17, 15) is 0 Å². The first-order valence-corrected chi connectivity index (χ1v) is 3.43.